The Bertz CT molecular complexity index is 337. The number of hydrogen-bond acceptors (Lipinski definition) is 1. The van der Waals surface area contributed by atoms with E-state index in [1.165, 1.54) is 31.3 Å². The Kier molecular flexibility index (Phi) is 11.0. The highest BCUT2D eigenvalue weighted by molar-refractivity contribution is 5.95. The first kappa shape index (κ1) is 17.7. The van der Waals surface area contributed by atoms with Crippen molar-refractivity contribution >= 4 is 5.91 Å². The van der Waals surface area contributed by atoms with Crippen LogP contribution in [-0.4, -0.2) is 12.5 Å². The molecule has 0 spiro atoms. The van der Waals surface area contributed by atoms with Crippen molar-refractivity contribution < 1.29 is 4.79 Å². The van der Waals surface area contributed by atoms with Crippen LogP contribution >= 0.6 is 0 Å². The Hall–Kier alpha value is -1.31. The molecule has 0 rings (SSSR count). The van der Waals surface area contributed by atoms with Crippen molar-refractivity contribution in [1.29, 1.82) is 0 Å². The molecular formula is C17H29NO. The summed E-state index contributed by atoms with van der Waals surface area (Å²) >= 11 is 0. The zero-order valence-electron chi connectivity index (χ0n) is 13.0. The molecular weight excluding hydrogens is 234 g/mol. The van der Waals surface area contributed by atoms with Crippen LogP contribution in [0.25, 0.3) is 0 Å². The van der Waals surface area contributed by atoms with Crippen LogP contribution < -0.4 is 5.32 Å². The lowest BCUT2D eigenvalue weighted by molar-refractivity contribution is -0.117. The van der Waals surface area contributed by atoms with Gasteiger partial charge in [-0.25, -0.2) is 0 Å². The van der Waals surface area contributed by atoms with Crippen molar-refractivity contribution in [2.75, 3.05) is 6.54 Å². The normalized spacial score (nSPS) is 13.1. The van der Waals surface area contributed by atoms with Crippen LogP contribution in [0.4, 0.5) is 0 Å². The van der Waals surface area contributed by atoms with Crippen LogP contribution in [0.15, 0.2) is 35.5 Å². The fourth-order valence-electron chi connectivity index (χ4n) is 1.79. The number of rotatable bonds is 9. The van der Waals surface area contributed by atoms with Crippen LogP contribution in [0.2, 0.25) is 0 Å². The molecule has 0 fully saturated rings. The van der Waals surface area contributed by atoms with E-state index in [1.807, 2.05) is 32.1 Å². The predicted molar refractivity (Wildman–Crippen MR) is 84.1 cm³/mol. The van der Waals surface area contributed by atoms with Gasteiger partial charge in [-0.3, -0.25) is 4.79 Å². The molecule has 0 radical (unpaired) electrons. The van der Waals surface area contributed by atoms with Crippen molar-refractivity contribution in [3.63, 3.8) is 0 Å². The van der Waals surface area contributed by atoms with E-state index < -0.39 is 0 Å². The second kappa shape index (κ2) is 11.8. The second-order valence-electron chi connectivity index (χ2n) is 4.75. The molecule has 0 unspecified atom stereocenters. The van der Waals surface area contributed by atoms with E-state index in [0.717, 1.165) is 12.0 Å². The minimum atomic E-state index is 0.00453. The summed E-state index contributed by atoms with van der Waals surface area (Å²) < 4.78 is 0. The molecule has 0 heterocycles. The van der Waals surface area contributed by atoms with Gasteiger partial charge in [-0.1, -0.05) is 49.6 Å². The Balaban J connectivity index is 4.12. The Labute approximate surface area is 118 Å². The van der Waals surface area contributed by atoms with Gasteiger partial charge in [0.15, 0.2) is 0 Å². The van der Waals surface area contributed by atoms with Crippen molar-refractivity contribution in [2.45, 2.75) is 59.8 Å². The molecule has 1 N–H and O–H groups in total. The van der Waals surface area contributed by atoms with Crippen LogP contribution in [0, 0.1) is 0 Å². The third-order valence-corrected chi connectivity index (χ3v) is 2.98. The molecule has 0 saturated carbocycles. The lowest BCUT2D eigenvalue weighted by Gasteiger charge is -2.02. The molecule has 0 aliphatic carbocycles. The number of amides is 1. The molecule has 0 aliphatic heterocycles. The first-order chi connectivity index (χ1) is 9.15. The van der Waals surface area contributed by atoms with Crippen LogP contribution in [0.3, 0.4) is 0 Å². The second-order valence-corrected chi connectivity index (χ2v) is 4.75. The highest BCUT2D eigenvalue weighted by atomic mass is 16.1. The molecule has 1 amide bonds. The monoisotopic (exact) mass is 263 g/mol. The van der Waals surface area contributed by atoms with Gasteiger partial charge in [0.1, 0.15) is 0 Å². The molecule has 0 bridgehead atoms. The molecule has 108 valence electrons. The maximum Gasteiger partial charge on any atom is 0.250 e. The molecule has 0 aromatic carbocycles. The van der Waals surface area contributed by atoms with E-state index in [-0.39, 0.29) is 5.91 Å². The third-order valence-electron chi connectivity index (χ3n) is 2.98. The molecule has 0 aromatic heterocycles. The summed E-state index contributed by atoms with van der Waals surface area (Å²) in [6.07, 6.45) is 14.0. The van der Waals surface area contributed by atoms with Gasteiger partial charge >= 0.3 is 0 Å². The van der Waals surface area contributed by atoms with E-state index >= 15 is 0 Å². The van der Waals surface area contributed by atoms with Gasteiger partial charge in [0.25, 0.3) is 5.91 Å². The summed E-state index contributed by atoms with van der Waals surface area (Å²) in [5.74, 6) is 0.00453. The van der Waals surface area contributed by atoms with Crippen LogP contribution in [-0.2, 0) is 4.79 Å². The average molecular weight is 263 g/mol. The first-order valence-electron chi connectivity index (χ1n) is 7.42. The summed E-state index contributed by atoms with van der Waals surface area (Å²) in [7, 11) is 0. The highest BCUT2D eigenvalue weighted by Crippen LogP contribution is 2.09. The van der Waals surface area contributed by atoms with Gasteiger partial charge in [0.2, 0.25) is 0 Å². The zero-order valence-corrected chi connectivity index (χ0v) is 13.0. The average Bonchev–Trinajstić information content (AvgIpc) is 2.39. The van der Waals surface area contributed by atoms with E-state index in [4.69, 9.17) is 0 Å². The molecule has 2 nitrogen and oxygen atoms in total. The van der Waals surface area contributed by atoms with Gasteiger partial charge in [-0.05, 0) is 40.0 Å². The Morgan fingerprint density at radius 2 is 1.95 bits per heavy atom. The van der Waals surface area contributed by atoms with Gasteiger partial charge in [0, 0.05) is 12.1 Å². The zero-order chi connectivity index (χ0) is 14.5. The summed E-state index contributed by atoms with van der Waals surface area (Å²) in [6, 6.07) is 0. The van der Waals surface area contributed by atoms with Crippen LogP contribution in [0.5, 0.6) is 0 Å². The molecule has 0 atom stereocenters. The lowest BCUT2D eigenvalue weighted by Crippen LogP contribution is -2.23. The minimum absolute atomic E-state index is 0.00453. The standard InChI is InChI=1S/C17H29NO/c1-5-8-9-12-15(4)13-10-11-14-16(6-2)17(19)18-7-3/h6,11,13-14H,5,7-10,12H2,1-4H3,(H,18,19)/b14-11-,15-13+,16-6-. The molecule has 0 aromatic rings. The van der Waals surface area contributed by atoms with Gasteiger partial charge in [0.05, 0.1) is 0 Å². The smallest absolute Gasteiger partial charge is 0.250 e. The summed E-state index contributed by atoms with van der Waals surface area (Å²) in [5, 5.41) is 2.81. The number of unbranched alkanes of at least 4 members (excludes halogenated alkanes) is 2. The maximum atomic E-state index is 11.6. The largest absolute Gasteiger partial charge is 0.352 e. The van der Waals surface area contributed by atoms with Gasteiger partial charge in [-0.2, -0.15) is 0 Å². The van der Waals surface area contributed by atoms with Crippen molar-refractivity contribution in [2.24, 2.45) is 0 Å². The number of allylic oxidation sites excluding steroid dienone is 4. The summed E-state index contributed by atoms with van der Waals surface area (Å²) in [4.78, 5) is 11.6. The summed E-state index contributed by atoms with van der Waals surface area (Å²) in [5.41, 5.74) is 2.18. The quantitative estimate of drug-likeness (QED) is 0.281. The van der Waals surface area contributed by atoms with Gasteiger partial charge in [-0.15, -0.1) is 0 Å². The maximum absolute atomic E-state index is 11.6. The van der Waals surface area contributed by atoms with Crippen molar-refractivity contribution in [1.82, 2.24) is 5.32 Å². The molecule has 19 heavy (non-hydrogen) atoms. The molecule has 0 aliphatic rings. The predicted octanol–water partition coefficient (Wildman–Crippen LogP) is 4.54. The van der Waals surface area contributed by atoms with Crippen molar-refractivity contribution in [3.8, 4) is 0 Å². The minimum Gasteiger partial charge on any atom is -0.352 e. The van der Waals surface area contributed by atoms with Gasteiger partial charge < -0.3 is 5.32 Å². The Morgan fingerprint density at radius 3 is 2.53 bits per heavy atom. The van der Waals surface area contributed by atoms with Crippen molar-refractivity contribution in [3.05, 3.63) is 35.5 Å². The SMILES string of the molecule is C/C=C(/C=C\C/C=C(\C)CCCCC)C(=O)NCC. The van der Waals surface area contributed by atoms with E-state index in [0.29, 0.717) is 6.54 Å². The summed E-state index contributed by atoms with van der Waals surface area (Å²) in [6.45, 7) is 8.89. The topological polar surface area (TPSA) is 29.1 Å². The molecule has 0 saturated heterocycles. The number of carbonyl (C=O) groups is 1. The number of likely N-dealkylation sites (N-methyl/N-ethyl adjacent to an activating group) is 1. The Morgan fingerprint density at radius 1 is 1.21 bits per heavy atom. The number of nitrogens with one attached hydrogen (secondary N) is 1. The number of hydrogen-bond donors (Lipinski definition) is 1. The fourth-order valence-corrected chi connectivity index (χ4v) is 1.79. The third kappa shape index (κ3) is 9.29. The van der Waals surface area contributed by atoms with E-state index in [9.17, 15) is 4.79 Å². The highest BCUT2D eigenvalue weighted by Gasteiger charge is 2.01. The van der Waals surface area contributed by atoms with E-state index in [1.54, 1.807) is 0 Å². The lowest BCUT2D eigenvalue weighted by atomic mass is 10.1. The molecule has 2 heteroatoms. The first-order valence-corrected chi connectivity index (χ1v) is 7.42. The van der Waals surface area contributed by atoms with Crippen LogP contribution in [0.1, 0.15) is 59.8 Å². The fraction of sp³-hybridized carbons (Fsp3) is 0.588. The van der Waals surface area contributed by atoms with E-state index in [2.05, 4.69) is 25.2 Å². The number of carbonyl (C=O) groups excluding carboxylic acids is 1.